The summed E-state index contributed by atoms with van der Waals surface area (Å²) in [4.78, 5) is 12.2. The van der Waals surface area contributed by atoms with E-state index in [-0.39, 0.29) is 23.8 Å². The molecule has 0 unspecified atom stereocenters. The van der Waals surface area contributed by atoms with Crippen LogP contribution in [0.1, 0.15) is 6.42 Å². The first kappa shape index (κ1) is 19.7. The molecule has 0 fully saturated rings. The molecule has 0 spiro atoms. The molecule has 3 N–H and O–H groups in total. The average Bonchev–Trinajstić information content (AvgIpc) is 2.61. The maximum absolute atomic E-state index is 11.9. The van der Waals surface area contributed by atoms with Crippen LogP contribution < -0.4 is 20.5 Å². The van der Waals surface area contributed by atoms with Crippen LogP contribution in [0, 0.1) is 0 Å². The maximum atomic E-state index is 11.9. The molecule has 0 atom stereocenters. The van der Waals surface area contributed by atoms with Crippen molar-refractivity contribution in [1.29, 1.82) is 0 Å². The minimum Gasteiger partial charge on any atom is -0.493 e. The Morgan fingerprint density at radius 3 is 2.04 bits per heavy atom. The quantitative estimate of drug-likeness (QED) is 0.689. The fourth-order valence-electron chi connectivity index (χ4n) is 2.08. The number of sulfone groups is 1. The SMILES string of the molecule is CS(=O)(=O)c1ccc(OCCC(=O)Nc2ccc(OCCN)cc2)cc1. The number of nitrogens with one attached hydrogen (secondary N) is 1. The lowest BCUT2D eigenvalue weighted by Crippen LogP contribution is -2.15. The summed E-state index contributed by atoms with van der Waals surface area (Å²) in [5.74, 6) is 1.01. The molecule has 0 saturated carbocycles. The minimum absolute atomic E-state index is 0.166. The van der Waals surface area contributed by atoms with Gasteiger partial charge in [-0.3, -0.25) is 4.79 Å². The zero-order valence-corrected chi connectivity index (χ0v) is 15.3. The van der Waals surface area contributed by atoms with Crippen molar-refractivity contribution in [1.82, 2.24) is 0 Å². The Labute approximate surface area is 153 Å². The van der Waals surface area contributed by atoms with Crippen molar-refractivity contribution >= 4 is 21.4 Å². The number of amides is 1. The van der Waals surface area contributed by atoms with Crippen molar-refractivity contribution in [3.63, 3.8) is 0 Å². The van der Waals surface area contributed by atoms with Crippen LogP contribution in [0.3, 0.4) is 0 Å². The minimum atomic E-state index is -3.23. The number of ether oxygens (including phenoxy) is 2. The number of rotatable bonds is 9. The van der Waals surface area contributed by atoms with Crippen LogP contribution >= 0.6 is 0 Å². The predicted octanol–water partition coefficient (Wildman–Crippen LogP) is 1.84. The lowest BCUT2D eigenvalue weighted by atomic mass is 10.3. The van der Waals surface area contributed by atoms with Crippen molar-refractivity contribution < 1.29 is 22.7 Å². The molecule has 8 heteroatoms. The molecule has 7 nitrogen and oxygen atoms in total. The number of hydrogen-bond donors (Lipinski definition) is 2. The Balaban J connectivity index is 1.76. The summed E-state index contributed by atoms with van der Waals surface area (Å²) in [7, 11) is -3.23. The van der Waals surface area contributed by atoms with Gasteiger partial charge in [0.05, 0.1) is 17.9 Å². The molecule has 0 aliphatic rings. The van der Waals surface area contributed by atoms with Crippen LogP contribution in [0.5, 0.6) is 11.5 Å². The molecular formula is C18H22N2O5S. The highest BCUT2D eigenvalue weighted by atomic mass is 32.2. The molecule has 26 heavy (non-hydrogen) atoms. The standard InChI is InChI=1S/C18H22N2O5S/c1-26(22,23)17-8-6-16(7-9-17)24-12-10-18(21)20-14-2-4-15(5-3-14)25-13-11-19/h2-9H,10-13,19H2,1H3,(H,20,21). The van der Waals surface area contributed by atoms with Crippen molar-refractivity contribution in [2.75, 3.05) is 31.3 Å². The van der Waals surface area contributed by atoms with Crippen LogP contribution in [0.2, 0.25) is 0 Å². The molecule has 0 aliphatic heterocycles. The Hall–Kier alpha value is -2.58. The van der Waals surface area contributed by atoms with E-state index in [0.29, 0.717) is 30.3 Å². The molecule has 2 rings (SSSR count). The Bertz CT molecular complexity index is 818. The van der Waals surface area contributed by atoms with E-state index in [1.54, 1.807) is 36.4 Å². The highest BCUT2D eigenvalue weighted by molar-refractivity contribution is 7.90. The second kappa shape index (κ2) is 9.21. The van der Waals surface area contributed by atoms with Gasteiger partial charge in [0.2, 0.25) is 5.91 Å². The van der Waals surface area contributed by atoms with Crippen LogP contribution in [0.4, 0.5) is 5.69 Å². The molecule has 1 amide bonds. The van der Waals surface area contributed by atoms with Crippen molar-refractivity contribution in [2.45, 2.75) is 11.3 Å². The monoisotopic (exact) mass is 378 g/mol. The third-order valence-corrected chi connectivity index (χ3v) is 4.50. The first-order valence-electron chi connectivity index (χ1n) is 8.04. The number of nitrogens with two attached hydrogens (primary N) is 1. The molecule has 0 aromatic heterocycles. The third-order valence-electron chi connectivity index (χ3n) is 3.37. The van der Waals surface area contributed by atoms with E-state index < -0.39 is 9.84 Å². The van der Waals surface area contributed by atoms with Gasteiger partial charge >= 0.3 is 0 Å². The zero-order valence-electron chi connectivity index (χ0n) is 14.5. The van der Waals surface area contributed by atoms with Gasteiger partial charge in [-0.2, -0.15) is 0 Å². The summed E-state index contributed by atoms with van der Waals surface area (Å²) in [5, 5.41) is 2.76. The molecule has 0 aliphatic carbocycles. The summed E-state index contributed by atoms with van der Waals surface area (Å²) in [6.07, 6.45) is 1.31. The number of anilines is 1. The summed E-state index contributed by atoms with van der Waals surface area (Å²) < 4.78 is 33.6. The van der Waals surface area contributed by atoms with E-state index in [4.69, 9.17) is 15.2 Å². The fraction of sp³-hybridized carbons (Fsp3) is 0.278. The van der Waals surface area contributed by atoms with Crippen LogP contribution in [-0.4, -0.2) is 40.3 Å². The normalized spacial score (nSPS) is 11.0. The van der Waals surface area contributed by atoms with Gasteiger partial charge in [-0.25, -0.2) is 8.42 Å². The van der Waals surface area contributed by atoms with Gasteiger partial charge in [-0.15, -0.1) is 0 Å². The van der Waals surface area contributed by atoms with Crippen molar-refractivity contribution in [3.05, 3.63) is 48.5 Å². The van der Waals surface area contributed by atoms with Gasteiger partial charge in [0.1, 0.15) is 18.1 Å². The molecule has 0 heterocycles. The van der Waals surface area contributed by atoms with E-state index in [9.17, 15) is 13.2 Å². The Kier molecular flexibility index (Phi) is 6.99. The number of hydrogen-bond acceptors (Lipinski definition) is 6. The molecular weight excluding hydrogens is 356 g/mol. The van der Waals surface area contributed by atoms with E-state index in [1.165, 1.54) is 12.1 Å². The largest absolute Gasteiger partial charge is 0.493 e. The predicted molar refractivity (Wildman–Crippen MR) is 99.3 cm³/mol. The molecule has 140 valence electrons. The number of carbonyl (C=O) groups excluding carboxylic acids is 1. The highest BCUT2D eigenvalue weighted by Gasteiger charge is 2.07. The summed E-state index contributed by atoms with van der Waals surface area (Å²) >= 11 is 0. The van der Waals surface area contributed by atoms with Crippen molar-refractivity contribution in [2.24, 2.45) is 5.73 Å². The van der Waals surface area contributed by atoms with Crippen LogP contribution in [-0.2, 0) is 14.6 Å². The second-order valence-electron chi connectivity index (χ2n) is 5.55. The Morgan fingerprint density at radius 2 is 1.50 bits per heavy atom. The van der Waals surface area contributed by atoms with E-state index in [2.05, 4.69) is 5.32 Å². The lowest BCUT2D eigenvalue weighted by molar-refractivity contribution is -0.116. The Morgan fingerprint density at radius 1 is 0.962 bits per heavy atom. The van der Waals surface area contributed by atoms with E-state index in [0.717, 1.165) is 6.26 Å². The topological polar surface area (TPSA) is 108 Å². The zero-order chi connectivity index (χ0) is 19.0. The summed E-state index contributed by atoms with van der Waals surface area (Å²) in [6, 6.07) is 13.1. The highest BCUT2D eigenvalue weighted by Crippen LogP contribution is 2.17. The number of carbonyl (C=O) groups is 1. The van der Waals surface area contributed by atoms with E-state index >= 15 is 0 Å². The molecule has 0 bridgehead atoms. The lowest BCUT2D eigenvalue weighted by Gasteiger charge is -2.09. The first-order valence-corrected chi connectivity index (χ1v) is 9.93. The van der Waals surface area contributed by atoms with Crippen LogP contribution in [0.15, 0.2) is 53.4 Å². The van der Waals surface area contributed by atoms with Gasteiger partial charge in [0.25, 0.3) is 0 Å². The van der Waals surface area contributed by atoms with Crippen molar-refractivity contribution in [3.8, 4) is 11.5 Å². The average molecular weight is 378 g/mol. The molecule has 0 saturated heterocycles. The molecule has 0 radical (unpaired) electrons. The van der Waals surface area contributed by atoms with Gasteiger partial charge in [-0.1, -0.05) is 0 Å². The van der Waals surface area contributed by atoms with E-state index in [1.807, 2.05) is 0 Å². The maximum Gasteiger partial charge on any atom is 0.227 e. The van der Waals surface area contributed by atoms with Crippen LogP contribution in [0.25, 0.3) is 0 Å². The summed E-state index contributed by atoms with van der Waals surface area (Å²) in [6.45, 7) is 1.06. The number of benzene rings is 2. The van der Waals surface area contributed by atoms with Gasteiger partial charge in [0, 0.05) is 18.5 Å². The third kappa shape index (κ3) is 6.38. The fourth-order valence-corrected chi connectivity index (χ4v) is 2.71. The van der Waals surface area contributed by atoms with Gasteiger partial charge in [-0.05, 0) is 48.5 Å². The summed E-state index contributed by atoms with van der Waals surface area (Å²) in [5.41, 5.74) is 6.03. The molecule has 2 aromatic carbocycles. The van der Waals surface area contributed by atoms with Gasteiger partial charge < -0.3 is 20.5 Å². The smallest absolute Gasteiger partial charge is 0.227 e. The molecule has 2 aromatic rings. The second-order valence-corrected chi connectivity index (χ2v) is 7.57. The van der Waals surface area contributed by atoms with Gasteiger partial charge in [0.15, 0.2) is 9.84 Å². The first-order chi connectivity index (χ1) is 12.4.